The fraction of sp³-hybridized carbons (Fsp3) is 0.556. The minimum absolute atomic E-state index is 0.730. The van der Waals surface area contributed by atoms with Crippen molar-refractivity contribution in [3.05, 3.63) is 20.8 Å². The molecule has 1 aromatic rings. The molecule has 0 atom stereocenters. The molecule has 1 aromatic heterocycles. The van der Waals surface area contributed by atoms with Gasteiger partial charge in [0.05, 0.1) is 0 Å². The Kier molecular flexibility index (Phi) is 4.26. The Labute approximate surface area is 86.3 Å². The van der Waals surface area contributed by atoms with Crippen LogP contribution in [-0.4, -0.2) is 6.54 Å². The van der Waals surface area contributed by atoms with E-state index in [9.17, 15) is 0 Å². The van der Waals surface area contributed by atoms with E-state index in [1.807, 2.05) is 0 Å². The van der Waals surface area contributed by atoms with Gasteiger partial charge in [0.2, 0.25) is 0 Å². The molecule has 0 saturated carbocycles. The second-order valence-corrected chi connectivity index (χ2v) is 5.17. The predicted molar refractivity (Wildman–Crippen MR) is 58.6 cm³/mol. The fourth-order valence-electron chi connectivity index (χ4n) is 0.931. The molecule has 0 aliphatic heterocycles. The van der Waals surface area contributed by atoms with E-state index in [4.69, 9.17) is 0 Å². The third-order valence-electron chi connectivity index (χ3n) is 1.47. The van der Waals surface area contributed by atoms with Gasteiger partial charge < -0.3 is 5.32 Å². The van der Waals surface area contributed by atoms with Crippen LogP contribution < -0.4 is 5.32 Å². The third-order valence-corrected chi connectivity index (χ3v) is 3.17. The number of hydrogen-bond acceptors (Lipinski definition) is 2. The molecular weight excluding hydrogens is 234 g/mol. The molecule has 3 heteroatoms. The van der Waals surface area contributed by atoms with Crippen molar-refractivity contribution in [2.24, 2.45) is 5.92 Å². The number of nitrogens with one attached hydrogen (secondary N) is 1. The zero-order chi connectivity index (χ0) is 8.97. The highest BCUT2D eigenvalue weighted by Crippen LogP contribution is 2.19. The van der Waals surface area contributed by atoms with Gasteiger partial charge in [-0.05, 0) is 34.5 Å². The quantitative estimate of drug-likeness (QED) is 0.862. The Morgan fingerprint density at radius 1 is 1.58 bits per heavy atom. The fourth-order valence-corrected chi connectivity index (χ4v) is 2.35. The first-order valence-corrected chi connectivity index (χ1v) is 5.79. The molecular formula is C9H14BrNS. The van der Waals surface area contributed by atoms with Crippen LogP contribution in [0.2, 0.25) is 0 Å². The van der Waals surface area contributed by atoms with E-state index in [-0.39, 0.29) is 0 Å². The van der Waals surface area contributed by atoms with Crippen molar-refractivity contribution in [3.8, 4) is 0 Å². The summed E-state index contributed by atoms with van der Waals surface area (Å²) in [6.07, 6.45) is 0. The van der Waals surface area contributed by atoms with Gasteiger partial charge >= 0.3 is 0 Å². The molecule has 1 heterocycles. The predicted octanol–water partition coefficient (Wildman–Crippen LogP) is 3.26. The molecule has 0 bridgehead atoms. The normalized spacial score (nSPS) is 11.0. The van der Waals surface area contributed by atoms with Crippen LogP contribution in [0.5, 0.6) is 0 Å². The molecule has 0 saturated heterocycles. The van der Waals surface area contributed by atoms with Crippen molar-refractivity contribution in [3.63, 3.8) is 0 Å². The van der Waals surface area contributed by atoms with E-state index in [0.717, 1.165) is 19.0 Å². The topological polar surface area (TPSA) is 12.0 Å². The molecule has 0 radical (unpaired) electrons. The second-order valence-electron chi connectivity index (χ2n) is 3.26. The maximum absolute atomic E-state index is 3.44. The first-order valence-electron chi connectivity index (χ1n) is 4.12. The molecule has 68 valence electrons. The monoisotopic (exact) mass is 247 g/mol. The molecule has 0 spiro atoms. The number of thiophene rings is 1. The lowest BCUT2D eigenvalue weighted by atomic mass is 10.2. The molecule has 1 nitrogen and oxygen atoms in total. The SMILES string of the molecule is CC(C)CNCc1cc(Br)cs1. The lowest BCUT2D eigenvalue weighted by Crippen LogP contribution is -2.18. The summed E-state index contributed by atoms with van der Waals surface area (Å²) >= 11 is 5.23. The van der Waals surface area contributed by atoms with E-state index in [2.05, 4.69) is 46.5 Å². The molecule has 0 aliphatic rings. The minimum atomic E-state index is 0.730. The van der Waals surface area contributed by atoms with Crippen LogP contribution in [0.25, 0.3) is 0 Å². The highest BCUT2D eigenvalue weighted by Gasteiger charge is 1.97. The van der Waals surface area contributed by atoms with Gasteiger partial charge in [0.1, 0.15) is 0 Å². The standard InChI is InChI=1S/C9H14BrNS/c1-7(2)4-11-5-9-3-8(10)6-12-9/h3,6-7,11H,4-5H2,1-2H3. The lowest BCUT2D eigenvalue weighted by Gasteiger charge is -2.04. The van der Waals surface area contributed by atoms with Crippen LogP contribution in [-0.2, 0) is 6.54 Å². The van der Waals surface area contributed by atoms with Crippen molar-refractivity contribution in [1.82, 2.24) is 5.32 Å². The molecule has 1 rings (SSSR count). The molecule has 12 heavy (non-hydrogen) atoms. The number of halogens is 1. The Hall–Kier alpha value is 0.140. The van der Waals surface area contributed by atoms with E-state index in [0.29, 0.717) is 0 Å². The van der Waals surface area contributed by atoms with Gasteiger partial charge in [-0.2, -0.15) is 0 Å². The Morgan fingerprint density at radius 3 is 2.83 bits per heavy atom. The molecule has 1 N–H and O–H groups in total. The zero-order valence-electron chi connectivity index (χ0n) is 7.43. The maximum Gasteiger partial charge on any atom is 0.0300 e. The summed E-state index contributed by atoms with van der Waals surface area (Å²) in [6.45, 7) is 6.53. The smallest absolute Gasteiger partial charge is 0.0300 e. The molecule has 0 amide bonds. The largest absolute Gasteiger partial charge is 0.312 e. The van der Waals surface area contributed by atoms with Gasteiger partial charge in [0.25, 0.3) is 0 Å². The summed E-state index contributed by atoms with van der Waals surface area (Å²) in [4.78, 5) is 1.39. The van der Waals surface area contributed by atoms with Crippen molar-refractivity contribution in [1.29, 1.82) is 0 Å². The summed E-state index contributed by atoms with van der Waals surface area (Å²) in [5.74, 6) is 0.730. The van der Waals surface area contributed by atoms with Gasteiger partial charge in [-0.1, -0.05) is 13.8 Å². The third kappa shape index (κ3) is 3.70. The Balaban J connectivity index is 2.24. The van der Waals surface area contributed by atoms with Gasteiger partial charge in [-0.3, -0.25) is 0 Å². The minimum Gasteiger partial charge on any atom is -0.312 e. The summed E-state index contributed by atoms with van der Waals surface area (Å²) < 4.78 is 1.19. The average Bonchev–Trinajstić information content (AvgIpc) is 2.35. The van der Waals surface area contributed by atoms with Crippen LogP contribution in [0, 0.1) is 5.92 Å². The number of rotatable bonds is 4. The van der Waals surface area contributed by atoms with Crippen LogP contribution >= 0.6 is 27.3 Å². The zero-order valence-corrected chi connectivity index (χ0v) is 9.83. The van der Waals surface area contributed by atoms with Crippen LogP contribution in [0.3, 0.4) is 0 Å². The molecule has 0 unspecified atom stereocenters. The highest BCUT2D eigenvalue weighted by molar-refractivity contribution is 9.10. The van der Waals surface area contributed by atoms with Gasteiger partial charge in [-0.15, -0.1) is 11.3 Å². The summed E-state index contributed by atoms with van der Waals surface area (Å²) in [5.41, 5.74) is 0. The van der Waals surface area contributed by atoms with Crippen LogP contribution in [0.15, 0.2) is 15.9 Å². The van der Waals surface area contributed by atoms with Gasteiger partial charge in [0, 0.05) is 21.3 Å². The Morgan fingerprint density at radius 2 is 2.33 bits per heavy atom. The summed E-state index contributed by atoms with van der Waals surface area (Å²) in [5, 5.41) is 5.52. The van der Waals surface area contributed by atoms with E-state index < -0.39 is 0 Å². The van der Waals surface area contributed by atoms with Crippen LogP contribution in [0.1, 0.15) is 18.7 Å². The number of hydrogen-bond donors (Lipinski definition) is 1. The van der Waals surface area contributed by atoms with Gasteiger partial charge in [-0.25, -0.2) is 0 Å². The van der Waals surface area contributed by atoms with E-state index in [1.165, 1.54) is 9.35 Å². The summed E-state index contributed by atoms with van der Waals surface area (Å²) in [6, 6.07) is 2.16. The highest BCUT2D eigenvalue weighted by atomic mass is 79.9. The second kappa shape index (κ2) is 5.00. The first-order chi connectivity index (χ1) is 5.68. The van der Waals surface area contributed by atoms with Crippen molar-refractivity contribution >= 4 is 27.3 Å². The van der Waals surface area contributed by atoms with Crippen molar-refractivity contribution in [2.75, 3.05) is 6.54 Å². The lowest BCUT2D eigenvalue weighted by molar-refractivity contribution is 0.555. The van der Waals surface area contributed by atoms with Crippen molar-refractivity contribution < 1.29 is 0 Å². The maximum atomic E-state index is 3.44. The molecule has 0 fully saturated rings. The van der Waals surface area contributed by atoms with E-state index in [1.54, 1.807) is 11.3 Å². The average molecular weight is 248 g/mol. The Bertz CT molecular complexity index is 232. The first kappa shape index (κ1) is 10.2. The molecule has 0 aliphatic carbocycles. The van der Waals surface area contributed by atoms with Crippen molar-refractivity contribution in [2.45, 2.75) is 20.4 Å². The van der Waals surface area contributed by atoms with Crippen LogP contribution in [0.4, 0.5) is 0 Å². The van der Waals surface area contributed by atoms with E-state index >= 15 is 0 Å². The van der Waals surface area contributed by atoms with Gasteiger partial charge in [0.15, 0.2) is 0 Å². The molecule has 0 aromatic carbocycles. The summed E-state index contributed by atoms with van der Waals surface area (Å²) in [7, 11) is 0.